The molecule has 3 heterocycles. The number of rotatable bonds is 7. The molecule has 0 bridgehead atoms. The molecule has 0 radical (unpaired) electrons. The number of carbonyl (C=O) groups is 1. The molecule has 1 aromatic carbocycles. The van der Waals surface area contributed by atoms with E-state index >= 15 is 0 Å². The molecule has 4 aromatic rings. The first-order chi connectivity index (χ1) is 16.0. The highest BCUT2D eigenvalue weighted by Gasteiger charge is 2.23. The maximum absolute atomic E-state index is 13.2. The molecule has 33 heavy (non-hydrogen) atoms. The van der Waals surface area contributed by atoms with Gasteiger partial charge in [0.25, 0.3) is 11.4 Å². The quantitative estimate of drug-likeness (QED) is 0.457. The molecular weight excluding hydrogens is 420 g/mol. The summed E-state index contributed by atoms with van der Waals surface area (Å²) in [6.07, 6.45) is 6.56. The first kappa shape index (κ1) is 22.1. The summed E-state index contributed by atoms with van der Waals surface area (Å²) in [6.45, 7) is 6.07. The molecule has 0 saturated carbocycles. The number of aromatic nitrogens is 5. The van der Waals surface area contributed by atoms with Gasteiger partial charge in [-0.15, -0.1) is 0 Å². The number of hydrogen-bond acceptors (Lipinski definition) is 7. The molecule has 1 atom stereocenters. The summed E-state index contributed by atoms with van der Waals surface area (Å²) in [5, 5.41) is 6.80. The molecule has 0 saturated heterocycles. The SMILES string of the molecule is CC[C@H](C(=O)Nc1ccc(C(C)C)cc1)n1cccc(-c2nc(-c3cnccn3)no2)c1=O. The molecule has 9 heteroatoms. The van der Waals surface area contributed by atoms with Gasteiger partial charge in [0.15, 0.2) is 0 Å². The zero-order chi connectivity index (χ0) is 23.4. The van der Waals surface area contributed by atoms with Crippen molar-refractivity contribution in [1.82, 2.24) is 24.7 Å². The predicted molar refractivity (Wildman–Crippen MR) is 124 cm³/mol. The third-order valence-corrected chi connectivity index (χ3v) is 5.29. The van der Waals surface area contributed by atoms with E-state index in [1.165, 1.54) is 28.7 Å². The number of amides is 1. The molecule has 0 aliphatic heterocycles. The monoisotopic (exact) mass is 444 g/mol. The molecule has 1 N–H and O–H groups in total. The van der Waals surface area contributed by atoms with Crippen molar-refractivity contribution < 1.29 is 9.32 Å². The first-order valence-electron chi connectivity index (χ1n) is 10.7. The van der Waals surface area contributed by atoms with E-state index in [0.29, 0.717) is 23.7 Å². The lowest BCUT2D eigenvalue weighted by molar-refractivity contribution is -0.119. The smallest absolute Gasteiger partial charge is 0.264 e. The number of anilines is 1. The van der Waals surface area contributed by atoms with Gasteiger partial charge in [-0.25, -0.2) is 4.98 Å². The summed E-state index contributed by atoms with van der Waals surface area (Å²) in [6, 6.07) is 10.3. The minimum Gasteiger partial charge on any atom is -0.333 e. The highest BCUT2D eigenvalue weighted by molar-refractivity contribution is 5.93. The first-order valence-corrected chi connectivity index (χ1v) is 10.7. The molecule has 0 aliphatic carbocycles. The van der Waals surface area contributed by atoms with Crippen LogP contribution in [0.25, 0.3) is 23.0 Å². The van der Waals surface area contributed by atoms with Crippen molar-refractivity contribution in [2.45, 2.75) is 39.2 Å². The number of nitrogens with one attached hydrogen (secondary N) is 1. The molecule has 4 rings (SSSR count). The van der Waals surface area contributed by atoms with Gasteiger partial charge in [-0.3, -0.25) is 14.6 Å². The van der Waals surface area contributed by atoms with Gasteiger partial charge in [-0.05, 0) is 42.2 Å². The zero-order valence-electron chi connectivity index (χ0n) is 18.6. The van der Waals surface area contributed by atoms with Gasteiger partial charge in [-0.2, -0.15) is 4.98 Å². The Bertz CT molecular complexity index is 1300. The Kier molecular flexibility index (Phi) is 6.39. The van der Waals surface area contributed by atoms with Crippen molar-refractivity contribution >= 4 is 11.6 Å². The van der Waals surface area contributed by atoms with Gasteiger partial charge >= 0.3 is 0 Å². The molecular formula is C24H24N6O3. The van der Waals surface area contributed by atoms with E-state index in [2.05, 4.69) is 39.3 Å². The maximum atomic E-state index is 13.2. The third kappa shape index (κ3) is 4.72. The normalized spacial score (nSPS) is 12.0. The Balaban J connectivity index is 1.59. The van der Waals surface area contributed by atoms with Crippen molar-refractivity contribution in [3.8, 4) is 23.0 Å². The number of hydrogen-bond donors (Lipinski definition) is 1. The van der Waals surface area contributed by atoms with Gasteiger partial charge in [-0.1, -0.05) is 38.1 Å². The summed E-state index contributed by atoms with van der Waals surface area (Å²) in [5.74, 6) is 0.399. The van der Waals surface area contributed by atoms with Crippen LogP contribution in [0, 0.1) is 0 Å². The Hall–Kier alpha value is -4.14. The second-order valence-electron chi connectivity index (χ2n) is 7.84. The van der Waals surface area contributed by atoms with Crippen LogP contribution in [0.3, 0.4) is 0 Å². The van der Waals surface area contributed by atoms with Gasteiger partial charge in [0.05, 0.1) is 6.20 Å². The van der Waals surface area contributed by atoms with E-state index in [0.717, 1.165) is 0 Å². The van der Waals surface area contributed by atoms with Crippen molar-refractivity contribution in [1.29, 1.82) is 0 Å². The van der Waals surface area contributed by atoms with Crippen LogP contribution in [0.15, 0.2) is 70.5 Å². The lowest BCUT2D eigenvalue weighted by Gasteiger charge is -2.18. The molecule has 0 aliphatic rings. The van der Waals surface area contributed by atoms with Gasteiger partial charge < -0.3 is 14.4 Å². The fourth-order valence-electron chi connectivity index (χ4n) is 3.46. The average molecular weight is 444 g/mol. The van der Waals surface area contributed by atoms with E-state index in [9.17, 15) is 9.59 Å². The van der Waals surface area contributed by atoms with Gasteiger partial charge in [0.1, 0.15) is 17.3 Å². The Morgan fingerprint density at radius 1 is 1.15 bits per heavy atom. The van der Waals surface area contributed by atoms with Crippen LogP contribution >= 0.6 is 0 Å². The molecule has 3 aromatic heterocycles. The van der Waals surface area contributed by atoms with Crippen molar-refractivity contribution in [2.75, 3.05) is 5.32 Å². The molecule has 9 nitrogen and oxygen atoms in total. The van der Waals surface area contributed by atoms with Crippen LogP contribution in [-0.2, 0) is 4.79 Å². The number of pyridine rings is 1. The van der Waals surface area contributed by atoms with Crippen molar-refractivity contribution in [3.05, 3.63) is 77.1 Å². The maximum Gasteiger partial charge on any atom is 0.264 e. The lowest BCUT2D eigenvalue weighted by atomic mass is 10.0. The van der Waals surface area contributed by atoms with E-state index in [4.69, 9.17) is 4.52 Å². The molecule has 168 valence electrons. The fraction of sp³-hybridized carbons (Fsp3) is 0.250. The van der Waals surface area contributed by atoms with Crippen LogP contribution < -0.4 is 10.9 Å². The highest BCUT2D eigenvalue weighted by atomic mass is 16.5. The minimum atomic E-state index is -0.704. The molecule has 1 amide bonds. The number of carbonyl (C=O) groups excluding carboxylic acids is 1. The predicted octanol–water partition coefficient (Wildman–Crippen LogP) is 4.07. The topological polar surface area (TPSA) is 116 Å². The minimum absolute atomic E-state index is 0.0505. The Morgan fingerprint density at radius 2 is 1.94 bits per heavy atom. The van der Waals surface area contributed by atoms with Crippen LogP contribution in [0.4, 0.5) is 5.69 Å². The van der Waals surface area contributed by atoms with E-state index in [1.54, 1.807) is 18.3 Å². The Labute approximate surface area is 190 Å². The molecule has 0 fully saturated rings. The molecule has 0 unspecified atom stereocenters. The second kappa shape index (κ2) is 9.56. The summed E-state index contributed by atoms with van der Waals surface area (Å²) in [4.78, 5) is 38.6. The van der Waals surface area contributed by atoms with E-state index in [1.807, 2.05) is 31.2 Å². The third-order valence-electron chi connectivity index (χ3n) is 5.29. The second-order valence-corrected chi connectivity index (χ2v) is 7.84. The highest BCUT2D eigenvalue weighted by Crippen LogP contribution is 2.21. The molecule has 0 spiro atoms. The van der Waals surface area contributed by atoms with Gasteiger partial charge in [0.2, 0.25) is 11.7 Å². The summed E-state index contributed by atoms with van der Waals surface area (Å²) >= 11 is 0. The summed E-state index contributed by atoms with van der Waals surface area (Å²) < 4.78 is 6.69. The van der Waals surface area contributed by atoms with Crippen molar-refractivity contribution in [2.24, 2.45) is 0 Å². The van der Waals surface area contributed by atoms with Crippen molar-refractivity contribution in [3.63, 3.8) is 0 Å². The zero-order valence-corrected chi connectivity index (χ0v) is 18.6. The number of nitrogens with zero attached hydrogens (tertiary/aromatic N) is 5. The van der Waals surface area contributed by atoms with E-state index < -0.39 is 11.6 Å². The average Bonchev–Trinajstić information content (AvgIpc) is 3.32. The van der Waals surface area contributed by atoms with Crippen LogP contribution in [0.2, 0.25) is 0 Å². The van der Waals surface area contributed by atoms with E-state index in [-0.39, 0.29) is 23.2 Å². The number of benzene rings is 1. The summed E-state index contributed by atoms with van der Waals surface area (Å²) in [5.41, 5.74) is 2.09. The van der Waals surface area contributed by atoms with Gasteiger partial charge in [0, 0.05) is 24.3 Å². The van der Waals surface area contributed by atoms with Crippen LogP contribution in [0.5, 0.6) is 0 Å². The Morgan fingerprint density at radius 3 is 2.61 bits per heavy atom. The van der Waals surface area contributed by atoms with Crippen LogP contribution in [0.1, 0.15) is 44.7 Å². The fourth-order valence-corrected chi connectivity index (χ4v) is 3.46. The summed E-state index contributed by atoms with van der Waals surface area (Å²) in [7, 11) is 0. The standard InChI is InChI=1S/C24H24N6O3/c1-4-20(22(31)27-17-9-7-16(8-10-17)15(2)3)30-13-5-6-18(24(30)32)23-28-21(29-33-23)19-14-25-11-12-26-19/h5-15,20H,4H2,1-3H3,(H,27,31)/t20-/m1/s1. The lowest BCUT2D eigenvalue weighted by Crippen LogP contribution is -2.33. The largest absolute Gasteiger partial charge is 0.333 e. The van der Waals surface area contributed by atoms with Crippen LogP contribution in [-0.4, -0.2) is 30.6 Å².